The molecule has 2 N–H and O–H groups in total. The molecule has 0 aliphatic carbocycles. The Morgan fingerprint density at radius 1 is 1.17 bits per heavy atom. The fourth-order valence-corrected chi connectivity index (χ4v) is 2.49. The minimum absolute atomic E-state index is 0.350. The monoisotopic (exact) mass is 248 g/mol. The summed E-state index contributed by atoms with van der Waals surface area (Å²) in [5.74, 6) is 0.350. The van der Waals surface area contributed by atoms with Crippen molar-refractivity contribution in [1.82, 2.24) is 10.2 Å². The molecular formula is C15H24N2O. The highest BCUT2D eigenvalue weighted by atomic mass is 16.3. The lowest BCUT2D eigenvalue weighted by molar-refractivity contribution is 0.329. The van der Waals surface area contributed by atoms with Crippen molar-refractivity contribution in [2.75, 3.05) is 26.2 Å². The van der Waals surface area contributed by atoms with E-state index in [1.807, 2.05) is 18.2 Å². The van der Waals surface area contributed by atoms with Gasteiger partial charge in [-0.1, -0.05) is 12.1 Å². The Morgan fingerprint density at radius 3 is 2.78 bits per heavy atom. The number of nitrogens with zero attached hydrogens (tertiary/aromatic N) is 1. The SMILES string of the molecule is Oc1cccc(CNCCCCN2CCCC2)c1. The van der Waals surface area contributed by atoms with Crippen LogP contribution in [-0.2, 0) is 6.54 Å². The molecule has 0 bridgehead atoms. The van der Waals surface area contributed by atoms with Gasteiger partial charge >= 0.3 is 0 Å². The molecule has 0 saturated carbocycles. The first-order valence-electron chi connectivity index (χ1n) is 7.05. The number of likely N-dealkylation sites (tertiary alicyclic amines) is 1. The van der Waals surface area contributed by atoms with Gasteiger partial charge in [0.2, 0.25) is 0 Å². The number of hydrogen-bond donors (Lipinski definition) is 2. The maximum atomic E-state index is 9.34. The molecule has 0 spiro atoms. The Labute approximate surface area is 110 Å². The Balaban J connectivity index is 1.50. The van der Waals surface area contributed by atoms with Gasteiger partial charge in [-0.3, -0.25) is 0 Å². The summed E-state index contributed by atoms with van der Waals surface area (Å²) in [5.41, 5.74) is 1.15. The molecule has 1 aliphatic heterocycles. The van der Waals surface area contributed by atoms with Crippen molar-refractivity contribution in [2.24, 2.45) is 0 Å². The van der Waals surface area contributed by atoms with Crippen LogP contribution in [0.5, 0.6) is 5.75 Å². The molecule has 1 heterocycles. The second kappa shape index (κ2) is 7.39. The van der Waals surface area contributed by atoms with Crippen LogP contribution in [0.3, 0.4) is 0 Å². The highest BCUT2D eigenvalue weighted by Crippen LogP contribution is 2.10. The predicted octanol–water partition coefficient (Wildman–Crippen LogP) is 2.36. The zero-order valence-corrected chi connectivity index (χ0v) is 11.1. The number of nitrogens with one attached hydrogen (secondary N) is 1. The molecule has 0 unspecified atom stereocenters. The summed E-state index contributed by atoms with van der Waals surface area (Å²) >= 11 is 0. The molecule has 1 aromatic carbocycles. The summed E-state index contributed by atoms with van der Waals surface area (Å²) in [6.07, 6.45) is 5.29. The smallest absolute Gasteiger partial charge is 0.115 e. The van der Waals surface area contributed by atoms with Gasteiger partial charge in [0.1, 0.15) is 5.75 Å². The quantitative estimate of drug-likeness (QED) is 0.727. The highest BCUT2D eigenvalue weighted by Gasteiger charge is 2.09. The van der Waals surface area contributed by atoms with Crippen molar-refractivity contribution >= 4 is 0 Å². The van der Waals surface area contributed by atoms with Crippen molar-refractivity contribution in [1.29, 1.82) is 0 Å². The van der Waals surface area contributed by atoms with E-state index in [0.717, 1.165) is 18.7 Å². The normalized spacial score (nSPS) is 16.2. The molecule has 100 valence electrons. The second-order valence-corrected chi connectivity index (χ2v) is 5.10. The molecule has 1 fully saturated rings. The molecule has 1 saturated heterocycles. The first-order valence-corrected chi connectivity index (χ1v) is 7.05. The van der Waals surface area contributed by atoms with Gasteiger partial charge in [0.25, 0.3) is 0 Å². The first-order chi connectivity index (χ1) is 8.84. The summed E-state index contributed by atoms with van der Waals surface area (Å²) in [6.45, 7) is 5.77. The third-order valence-corrected chi connectivity index (χ3v) is 3.52. The molecule has 2 rings (SSSR count). The lowest BCUT2D eigenvalue weighted by Gasteiger charge is -2.14. The largest absolute Gasteiger partial charge is 0.508 e. The Bertz CT molecular complexity index is 348. The van der Waals surface area contributed by atoms with Crippen LogP contribution in [0.1, 0.15) is 31.2 Å². The lowest BCUT2D eigenvalue weighted by Crippen LogP contribution is -2.22. The van der Waals surface area contributed by atoms with E-state index in [-0.39, 0.29) is 0 Å². The third kappa shape index (κ3) is 4.67. The number of phenols is 1. The molecule has 1 aliphatic rings. The second-order valence-electron chi connectivity index (χ2n) is 5.10. The van der Waals surface area contributed by atoms with Crippen LogP contribution >= 0.6 is 0 Å². The van der Waals surface area contributed by atoms with E-state index in [1.54, 1.807) is 6.07 Å². The Morgan fingerprint density at radius 2 is 2.00 bits per heavy atom. The Hall–Kier alpha value is -1.06. The highest BCUT2D eigenvalue weighted by molar-refractivity contribution is 5.26. The van der Waals surface area contributed by atoms with Crippen LogP contribution in [0.2, 0.25) is 0 Å². The zero-order valence-electron chi connectivity index (χ0n) is 11.1. The van der Waals surface area contributed by atoms with Crippen molar-refractivity contribution in [3.8, 4) is 5.75 Å². The maximum absolute atomic E-state index is 9.34. The fourth-order valence-electron chi connectivity index (χ4n) is 2.49. The number of phenolic OH excluding ortho intramolecular Hbond substituents is 1. The van der Waals surface area contributed by atoms with Gasteiger partial charge in [0.05, 0.1) is 0 Å². The van der Waals surface area contributed by atoms with Gasteiger partial charge in [0.15, 0.2) is 0 Å². The van der Waals surface area contributed by atoms with E-state index in [2.05, 4.69) is 10.2 Å². The van der Waals surface area contributed by atoms with E-state index in [4.69, 9.17) is 0 Å². The van der Waals surface area contributed by atoms with Crippen molar-refractivity contribution in [3.05, 3.63) is 29.8 Å². The summed E-state index contributed by atoms with van der Waals surface area (Å²) in [6, 6.07) is 7.45. The molecule has 18 heavy (non-hydrogen) atoms. The molecule has 1 aromatic rings. The van der Waals surface area contributed by atoms with E-state index in [9.17, 15) is 5.11 Å². The number of rotatable bonds is 7. The molecule has 3 nitrogen and oxygen atoms in total. The third-order valence-electron chi connectivity index (χ3n) is 3.52. The van der Waals surface area contributed by atoms with Gasteiger partial charge in [-0.05, 0) is 69.6 Å². The molecule has 0 radical (unpaired) electrons. The first kappa shape index (κ1) is 13.4. The minimum Gasteiger partial charge on any atom is -0.508 e. The summed E-state index contributed by atoms with van der Waals surface area (Å²) < 4.78 is 0. The van der Waals surface area contributed by atoms with E-state index in [0.29, 0.717) is 5.75 Å². The van der Waals surface area contributed by atoms with Crippen molar-refractivity contribution in [2.45, 2.75) is 32.2 Å². The van der Waals surface area contributed by atoms with Gasteiger partial charge in [0, 0.05) is 6.54 Å². The predicted molar refractivity (Wildman–Crippen MR) is 74.7 cm³/mol. The molecular weight excluding hydrogens is 224 g/mol. The number of unbranched alkanes of at least 4 members (excludes halogenated alkanes) is 1. The van der Waals surface area contributed by atoms with Gasteiger partial charge < -0.3 is 15.3 Å². The lowest BCUT2D eigenvalue weighted by atomic mass is 10.2. The van der Waals surface area contributed by atoms with Crippen LogP contribution < -0.4 is 5.32 Å². The van der Waals surface area contributed by atoms with Gasteiger partial charge in [-0.25, -0.2) is 0 Å². The Kier molecular flexibility index (Phi) is 5.49. The zero-order chi connectivity index (χ0) is 12.6. The van der Waals surface area contributed by atoms with E-state index >= 15 is 0 Å². The van der Waals surface area contributed by atoms with Crippen LogP contribution in [-0.4, -0.2) is 36.2 Å². The molecule has 0 atom stereocenters. The standard InChI is InChI=1S/C15H24N2O/c18-15-7-5-6-14(12-15)13-16-8-1-2-9-17-10-3-4-11-17/h5-7,12,16,18H,1-4,8-11,13H2. The van der Waals surface area contributed by atoms with Crippen LogP contribution in [0.25, 0.3) is 0 Å². The topological polar surface area (TPSA) is 35.5 Å². The summed E-state index contributed by atoms with van der Waals surface area (Å²) in [7, 11) is 0. The molecule has 3 heteroatoms. The van der Waals surface area contributed by atoms with Crippen molar-refractivity contribution < 1.29 is 5.11 Å². The number of aromatic hydroxyl groups is 1. The summed E-state index contributed by atoms with van der Waals surface area (Å²) in [5, 5.41) is 12.8. The van der Waals surface area contributed by atoms with E-state index in [1.165, 1.54) is 45.3 Å². The van der Waals surface area contributed by atoms with Crippen molar-refractivity contribution in [3.63, 3.8) is 0 Å². The van der Waals surface area contributed by atoms with Crippen LogP contribution in [0, 0.1) is 0 Å². The average Bonchev–Trinajstić information content (AvgIpc) is 2.87. The summed E-state index contributed by atoms with van der Waals surface area (Å²) in [4.78, 5) is 2.56. The number of benzene rings is 1. The van der Waals surface area contributed by atoms with Crippen LogP contribution in [0.15, 0.2) is 24.3 Å². The van der Waals surface area contributed by atoms with E-state index < -0.39 is 0 Å². The molecule has 0 aromatic heterocycles. The minimum atomic E-state index is 0.350. The molecule has 0 amide bonds. The van der Waals surface area contributed by atoms with Crippen LogP contribution in [0.4, 0.5) is 0 Å². The fraction of sp³-hybridized carbons (Fsp3) is 0.600. The van der Waals surface area contributed by atoms with Gasteiger partial charge in [-0.2, -0.15) is 0 Å². The average molecular weight is 248 g/mol. The number of hydrogen-bond acceptors (Lipinski definition) is 3. The maximum Gasteiger partial charge on any atom is 0.115 e. The van der Waals surface area contributed by atoms with Gasteiger partial charge in [-0.15, -0.1) is 0 Å².